The molecule has 2 atom stereocenters. The van der Waals surface area contributed by atoms with E-state index in [2.05, 4.69) is 20.0 Å². The van der Waals surface area contributed by atoms with Crippen LogP contribution in [0.1, 0.15) is 55.9 Å². The Morgan fingerprint density at radius 1 is 1.10 bits per heavy atom. The van der Waals surface area contributed by atoms with E-state index < -0.39 is 23.7 Å². The number of hydrogen-bond acceptors (Lipinski definition) is 7. The lowest BCUT2D eigenvalue weighted by Gasteiger charge is -2.24. The second kappa shape index (κ2) is 10.4. The molecule has 2 aromatic carbocycles. The fourth-order valence-electron chi connectivity index (χ4n) is 6.49. The van der Waals surface area contributed by atoms with Crippen LogP contribution in [0.5, 0.6) is 11.9 Å². The number of benzene rings is 2. The molecule has 222 valence electrons. The van der Waals surface area contributed by atoms with Gasteiger partial charge in [-0.25, -0.2) is 17.9 Å². The number of halogens is 3. The molecule has 4 aromatic rings. The minimum absolute atomic E-state index is 0.138. The molecule has 0 spiro atoms. The fourth-order valence-corrected chi connectivity index (χ4v) is 6.49. The van der Waals surface area contributed by atoms with Gasteiger partial charge in [-0.05, 0) is 75.6 Å². The normalized spacial score (nSPS) is 22.3. The van der Waals surface area contributed by atoms with Gasteiger partial charge in [0.25, 0.3) is 0 Å². The van der Waals surface area contributed by atoms with Crippen molar-refractivity contribution in [2.75, 3.05) is 32.8 Å². The first kappa shape index (κ1) is 27.4. The van der Waals surface area contributed by atoms with E-state index in [9.17, 15) is 9.50 Å². The first-order chi connectivity index (χ1) is 20.2. The second-order valence-corrected chi connectivity index (χ2v) is 12.2. The van der Waals surface area contributed by atoms with Gasteiger partial charge in [0, 0.05) is 42.6 Å². The molecule has 1 aliphatic carbocycles. The molecule has 1 N–H and O–H groups in total. The van der Waals surface area contributed by atoms with Gasteiger partial charge >= 0.3 is 6.01 Å². The van der Waals surface area contributed by atoms with Gasteiger partial charge in [0.1, 0.15) is 17.5 Å². The van der Waals surface area contributed by atoms with E-state index in [1.54, 1.807) is 10.9 Å². The molecular formula is C31H34F3N5O3. The van der Waals surface area contributed by atoms with Crippen molar-refractivity contribution in [3.63, 3.8) is 0 Å². The fraction of sp³-hybridized carbons (Fsp3) is 0.516. The quantitative estimate of drug-likeness (QED) is 0.280. The summed E-state index contributed by atoms with van der Waals surface area (Å²) in [6.45, 7) is 6.48. The van der Waals surface area contributed by atoms with Gasteiger partial charge in [-0.1, -0.05) is 0 Å². The molecule has 8 nitrogen and oxygen atoms in total. The van der Waals surface area contributed by atoms with E-state index in [4.69, 9.17) is 9.47 Å². The molecule has 1 saturated carbocycles. The molecule has 4 heterocycles. The number of hydrogen-bond donors (Lipinski definition) is 1. The van der Waals surface area contributed by atoms with Gasteiger partial charge in [-0.15, -0.1) is 0 Å². The first-order valence-corrected chi connectivity index (χ1v) is 14.7. The molecule has 3 fully saturated rings. The summed E-state index contributed by atoms with van der Waals surface area (Å²) in [5.74, 6) is -2.30. The van der Waals surface area contributed by atoms with Crippen molar-refractivity contribution in [2.45, 2.75) is 64.8 Å². The average Bonchev–Trinajstić information content (AvgIpc) is 3.41. The minimum atomic E-state index is -0.906. The number of ether oxygens (including phenoxy) is 2. The van der Waals surface area contributed by atoms with Gasteiger partial charge < -0.3 is 14.6 Å². The number of alkyl halides is 1. The summed E-state index contributed by atoms with van der Waals surface area (Å²) in [4.78, 5) is 10.4. The summed E-state index contributed by atoms with van der Waals surface area (Å²) in [7, 11) is 0. The van der Waals surface area contributed by atoms with Crippen molar-refractivity contribution in [3.8, 4) is 23.0 Å². The van der Waals surface area contributed by atoms with E-state index in [-0.39, 0.29) is 40.7 Å². The Bertz CT molecular complexity index is 1680. The molecule has 0 bridgehead atoms. The summed E-state index contributed by atoms with van der Waals surface area (Å²) < 4.78 is 59.4. The van der Waals surface area contributed by atoms with Crippen LogP contribution >= 0.6 is 0 Å². The van der Waals surface area contributed by atoms with Gasteiger partial charge in [0.05, 0.1) is 29.3 Å². The third kappa shape index (κ3) is 4.76. The topological polar surface area (TPSA) is 85.5 Å². The van der Waals surface area contributed by atoms with Gasteiger partial charge in [-0.2, -0.15) is 15.1 Å². The third-order valence-electron chi connectivity index (χ3n) is 9.18. The number of likely N-dealkylation sites (tertiary alicyclic amines) is 1. The highest BCUT2D eigenvalue weighted by Gasteiger charge is 2.46. The SMILES string of the molecule is Cc1cc2c(cnn2C2CCCCO2)c(-c2c(F)cc3c(O)nc(OCC4(CN5CCC(F)C5)CC4)nc3c2F)c1C. The van der Waals surface area contributed by atoms with Gasteiger partial charge in [0.15, 0.2) is 12.0 Å². The zero-order chi connectivity index (χ0) is 29.2. The average molecular weight is 582 g/mol. The molecule has 2 aromatic heterocycles. The monoisotopic (exact) mass is 581 g/mol. The summed E-state index contributed by atoms with van der Waals surface area (Å²) in [6, 6.07) is 2.86. The van der Waals surface area contributed by atoms with E-state index in [0.717, 1.165) is 49.3 Å². The van der Waals surface area contributed by atoms with Crippen LogP contribution < -0.4 is 4.74 Å². The van der Waals surface area contributed by atoms with Crippen LogP contribution in [0.25, 0.3) is 32.9 Å². The number of aromatic nitrogens is 4. The number of aryl methyl sites for hydroxylation is 1. The van der Waals surface area contributed by atoms with Crippen LogP contribution in [0.2, 0.25) is 0 Å². The maximum absolute atomic E-state index is 16.4. The standard InChI is InChI=1S/C31H34F3N5O3/c1-17-11-23-21(13-35-39(23)24-5-3-4-10-41-24)25(18(17)2)26-22(33)12-20-28(27(26)34)36-30(37-29(20)40)42-16-31(7-8-31)15-38-9-6-19(32)14-38/h11-13,19,24H,3-10,14-16H2,1-2H3,(H,36,37,40). The summed E-state index contributed by atoms with van der Waals surface area (Å²) >= 11 is 0. The molecule has 0 amide bonds. The number of rotatable bonds is 7. The van der Waals surface area contributed by atoms with Crippen LogP contribution in [0.3, 0.4) is 0 Å². The van der Waals surface area contributed by atoms with Gasteiger partial charge in [-0.3, -0.25) is 4.90 Å². The lowest BCUT2D eigenvalue weighted by Crippen LogP contribution is -2.32. The summed E-state index contributed by atoms with van der Waals surface area (Å²) in [5.41, 5.74) is 2.09. The predicted octanol–water partition coefficient (Wildman–Crippen LogP) is 6.15. The molecule has 11 heteroatoms. The van der Waals surface area contributed by atoms with Crippen LogP contribution in [-0.4, -0.2) is 68.8 Å². The zero-order valence-corrected chi connectivity index (χ0v) is 23.8. The van der Waals surface area contributed by atoms with Crippen LogP contribution in [0.15, 0.2) is 18.3 Å². The van der Waals surface area contributed by atoms with E-state index >= 15 is 8.78 Å². The highest BCUT2D eigenvalue weighted by atomic mass is 19.1. The van der Waals surface area contributed by atoms with E-state index in [1.807, 2.05) is 19.9 Å². The van der Waals surface area contributed by atoms with Crippen LogP contribution in [0, 0.1) is 30.9 Å². The minimum Gasteiger partial charge on any atom is -0.493 e. The molecule has 2 saturated heterocycles. The Morgan fingerprint density at radius 2 is 1.93 bits per heavy atom. The Labute approximate surface area is 241 Å². The molecule has 0 radical (unpaired) electrons. The maximum atomic E-state index is 16.4. The largest absolute Gasteiger partial charge is 0.493 e. The summed E-state index contributed by atoms with van der Waals surface area (Å²) in [5, 5.41) is 15.7. The van der Waals surface area contributed by atoms with Crippen molar-refractivity contribution in [2.24, 2.45) is 5.41 Å². The number of fused-ring (bicyclic) bond motifs is 2. The van der Waals surface area contributed by atoms with Crippen molar-refractivity contribution >= 4 is 21.8 Å². The Balaban J connectivity index is 1.26. The molecular weight excluding hydrogens is 547 g/mol. The van der Waals surface area contributed by atoms with E-state index in [0.29, 0.717) is 49.2 Å². The van der Waals surface area contributed by atoms with Gasteiger partial charge in [0.2, 0.25) is 5.88 Å². The van der Waals surface area contributed by atoms with Crippen molar-refractivity contribution in [3.05, 3.63) is 41.1 Å². The van der Waals surface area contributed by atoms with Crippen molar-refractivity contribution < 1.29 is 27.8 Å². The van der Waals surface area contributed by atoms with Crippen molar-refractivity contribution in [1.29, 1.82) is 0 Å². The summed E-state index contributed by atoms with van der Waals surface area (Å²) in [6.07, 6.45) is 5.80. The predicted molar refractivity (Wildman–Crippen MR) is 151 cm³/mol. The molecule has 7 rings (SSSR count). The second-order valence-electron chi connectivity index (χ2n) is 12.2. The van der Waals surface area contributed by atoms with Crippen molar-refractivity contribution in [1.82, 2.24) is 24.6 Å². The molecule has 3 aliphatic rings. The highest BCUT2D eigenvalue weighted by Crippen LogP contribution is 2.47. The first-order valence-electron chi connectivity index (χ1n) is 14.7. The number of aromatic hydroxyl groups is 1. The zero-order valence-electron chi connectivity index (χ0n) is 23.8. The maximum Gasteiger partial charge on any atom is 0.320 e. The molecule has 2 unspecified atom stereocenters. The third-order valence-corrected chi connectivity index (χ3v) is 9.18. The lowest BCUT2D eigenvalue weighted by atomic mass is 9.92. The van der Waals surface area contributed by atoms with Crippen LogP contribution in [0.4, 0.5) is 13.2 Å². The number of nitrogens with zero attached hydrogens (tertiary/aromatic N) is 5. The van der Waals surface area contributed by atoms with E-state index in [1.165, 1.54) is 0 Å². The Morgan fingerprint density at radius 3 is 2.64 bits per heavy atom. The Hall–Kier alpha value is -3.44. The molecule has 42 heavy (non-hydrogen) atoms. The Kier molecular flexibility index (Phi) is 6.77. The van der Waals surface area contributed by atoms with Crippen LogP contribution in [-0.2, 0) is 4.74 Å². The molecule has 2 aliphatic heterocycles. The smallest absolute Gasteiger partial charge is 0.320 e. The lowest BCUT2D eigenvalue weighted by molar-refractivity contribution is -0.0366. The highest BCUT2D eigenvalue weighted by molar-refractivity contribution is 6.00.